The molecule has 94 valence electrons. The number of nitrogens with zero attached hydrogens (tertiary/aromatic N) is 1. The Hall–Kier alpha value is -0.670. The van der Waals surface area contributed by atoms with Gasteiger partial charge in [-0.15, -0.1) is 11.6 Å². The van der Waals surface area contributed by atoms with Crippen molar-refractivity contribution in [3.05, 3.63) is 51.1 Å². The number of halogens is 4. The van der Waals surface area contributed by atoms with Crippen LogP contribution in [0.4, 0.5) is 0 Å². The smallest absolute Gasteiger partial charge is 0.238 e. The lowest BCUT2D eigenvalue weighted by molar-refractivity contribution is 0.463. The van der Waals surface area contributed by atoms with Crippen LogP contribution in [0.1, 0.15) is 5.56 Å². The monoisotopic (exact) mass is 321 g/mol. The van der Waals surface area contributed by atoms with Gasteiger partial charge in [-0.2, -0.15) is 0 Å². The minimum absolute atomic E-state index is 0.295. The van der Waals surface area contributed by atoms with Gasteiger partial charge in [-0.05, 0) is 23.8 Å². The fourth-order valence-electron chi connectivity index (χ4n) is 1.27. The average molecular weight is 323 g/mol. The minimum atomic E-state index is 0.295. The SMILES string of the molecule is ClCc1cnc(Oc2ccc(Cl)c(Cl)c2)c(Cl)c1. The van der Waals surface area contributed by atoms with Crippen LogP contribution in [0.5, 0.6) is 11.6 Å². The average Bonchev–Trinajstić information content (AvgIpc) is 2.36. The molecule has 0 spiro atoms. The van der Waals surface area contributed by atoms with Crippen molar-refractivity contribution in [1.82, 2.24) is 4.98 Å². The van der Waals surface area contributed by atoms with Crippen LogP contribution in [0.25, 0.3) is 0 Å². The van der Waals surface area contributed by atoms with Crippen LogP contribution in [0.3, 0.4) is 0 Å². The first kappa shape index (κ1) is 13.8. The Balaban J connectivity index is 2.25. The number of hydrogen-bond donors (Lipinski definition) is 0. The molecule has 1 heterocycles. The Morgan fingerprint density at radius 2 is 1.78 bits per heavy atom. The zero-order valence-corrected chi connectivity index (χ0v) is 12.0. The molecule has 0 saturated carbocycles. The largest absolute Gasteiger partial charge is 0.437 e. The summed E-state index contributed by atoms with van der Waals surface area (Å²) in [6.45, 7) is 0. The molecule has 0 aliphatic rings. The van der Waals surface area contributed by atoms with Crippen molar-refractivity contribution >= 4 is 46.4 Å². The lowest BCUT2D eigenvalue weighted by atomic mass is 10.3. The number of alkyl halides is 1. The highest BCUT2D eigenvalue weighted by Gasteiger charge is 2.07. The molecule has 0 radical (unpaired) electrons. The highest BCUT2D eigenvalue weighted by atomic mass is 35.5. The Morgan fingerprint density at radius 3 is 2.39 bits per heavy atom. The topological polar surface area (TPSA) is 22.1 Å². The van der Waals surface area contributed by atoms with Gasteiger partial charge in [0.1, 0.15) is 10.8 Å². The molecule has 0 atom stereocenters. The van der Waals surface area contributed by atoms with Gasteiger partial charge in [0, 0.05) is 18.1 Å². The minimum Gasteiger partial charge on any atom is -0.437 e. The predicted octanol–water partition coefficient (Wildman–Crippen LogP) is 5.57. The zero-order chi connectivity index (χ0) is 13.1. The van der Waals surface area contributed by atoms with E-state index in [0.29, 0.717) is 32.6 Å². The van der Waals surface area contributed by atoms with E-state index in [1.165, 1.54) is 0 Å². The Morgan fingerprint density at radius 1 is 1.00 bits per heavy atom. The van der Waals surface area contributed by atoms with Crippen molar-refractivity contribution in [1.29, 1.82) is 0 Å². The van der Waals surface area contributed by atoms with E-state index in [1.54, 1.807) is 30.5 Å². The number of pyridine rings is 1. The summed E-state index contributed by atoms with van der Waals surface area (Å²) in [6, 6.07) is 6.62. The summed E-state index contributed by atoms with van der Waals surface area (Å²) >= 11 is 23.4. The normalized spacial score (nSPS) is 10.4. The second kappa shape index (κ2) is 5.98. The Kier molecular flexibility index (Phi) is 4.57. The molecular formula is C12H7Cl4NO. The lowest BCUT2D eigenvalue weighted by Gasteiger charge is -2.08. The molecule has 2 nitrogen and oxygen atoms in total. The molecule has 2 rings (SSSR count). The molecule has 2 aromatic rings. The lowest BCUT2D eigenvalue weighted by Crippen LogP contribution is -1.91. The third kappa shape index (κ3) is 3.21. The molecule has 1 aromatic carbocycles. The van der Waals surface area contributed by atoms with Gasteiger partial charge in [0.2, 0.25) is 5.88 Å². The van der Waals surface area contributed by atoms with Crippen LogP contribution in [-0.4, -0.2) is 4.98 Å². The fourth-order valence-corrected chi connectivity index (χ4v) is 1.93. The standard InChI is InChI=1S/C12H7Cl4NO/c13-5-7-3-11(16)12(17-6-7)18-8-1-2-9(14)10(15)4-8/h1-4,6H,5H2. The van der Waals surface area contributed by atoms with Gasteiger partial charge in [0.25, 0.3) is 0 Å². The van der Waals surface area contributed by atoms with Crippen molar-refractivity contribution in [3.8, 4) is 11.6 Å². The van der Waals surface area contributed by atoms with Gasteiger partial charge < -0.3 is 4.74 Å². The second-order valence-corrected chi connectivity index (χ2v) is 4.93. The van der Waals surface area contributed by atoms with E-state index in [4.69, 9.17) is 51.1 Å². The number of benzene rings is 1. The molecule has 0 amide bonds. The van der Waals surface area contributed by atoms with E-state index in [1.807, 2.05) is 0 Å². The van der Waals surface area contributed by atoms with Gasteiger partial charge in [-0.1, -0.05) is 34.8 Å². The van der Waals surface area contributed by atoms with Gasteiger partial charge in [-0.25, -0.2) is 4.98 Å². The van der Waals surface area contributed by atoms with E-state index < -0.39 is 0 Å². The van der Waals surface area contributed by atoms with Crippen LogP contribution in [0.15, 0.2) is 30.5 Å². The highest BCUT2D eigenvalue weighted by molar-refractivity contribution is 6.42. The molecule has 0 aliphatic carbocycles. The van der Waals surface area contributed by atoms with Crippen LogP contribution < -0.4 is 4.74 Å². The zero-order valence-electron chi connectivity index (χ0n) is 8.96. The highest BCUT2D eigenvalue weighted by Crippen LogP contribution is 2.31. The van der Waals surface area contributed by atoms with Crippen LogP contribution in [0, 0.1) is 0 Å². The number of rotatable bonds is 3. The molecule has 1 aromatic heterocycles. The van der Waals surface area contributed by atoms with Gasteiger partial charge in [-0.3, -0.25) is 0 Å². The van der Waals surface area contributed by atoms with Crippen LogP contribution in [-0.2, 0) is 5.88 Å². The molecule has 0 aliphatic heterocycles. The summed E-state index contributed by atoms with van der Waals surface area (Å²) in [5.74, 6) is 1.15. The summed E-state index contributed by atoms with van der Waals surface area (Å²) in [5.41, 5.74) is 0.822. The molecule has 0 bridgehead atoms. The number of ether oxygens (including phenoxy) is 1. The van der Waals surface area contributed by atoms with Gasteiger partial charge in [0.05, 0.1) is 10.0 Å². The molecule has 6 heteroatoms. The van der Waals surface area contributed by atoms with Crippen molar-refractivity contribution in [2.45, 2.75) is 5.88 Å². The van der Waals surface area contributed by atoms with Gasteiger partial charge >= 0.3 is 0 Å². The molecule has 0 N–H and O–H groups in total. The summed E-state index contributed by atoms with van der Waals surface area (Å²) in [4.78, 5) is 4.08. The van der Waals surface area contributed by atoms with E-state index in [0.717, 1.165) is 5.56 Å². The fraction of sp³-hybridized carbons (Fsp3) is 0.0833. The van der Waals surface area contributed by atoms with E-state index in [-0.39, 0.29) is 0 Å². The Labute approximate surface area is 124 Å². The number of hydrogen-bond acceptors (Lipinski definition) is 2. The summed E-state index contributed by atoms with van der Waals surface area (Å²) < 4.78 is 5.52. The molecule has 18 heavy (non-hydrogen) atoms. The summed E-state index contributed by atoms with van der Waals surface area (Å²) in [5, 5.41) is 1.25. The second-order valence-electron chi connectivity index (χ2n) is 3.44. The molecule has 0 unspecified atom stereocenters. The third-order valence-corrected chi connectivity index (χ3v) is 3.44. The Bertz CT molecular complexity index is 574. The maximum absolute atomic E-state index is 6.02. The molecule has 0 saturated heterocycles. The first-order chi connectivity index (χ1) is 8.60. The van der Waals surface area contributed by atoms with E-state index >= 15 is 0 Å². The van der Waals surface area contributed by atoms with Crippen molar-refractivity contribution in [2.75, 3.05) is 0 Å². The third-order valence-electron chi connectivity index (χ3n) is 2.12. The van der Waals surface area contributed by atoms with Gasteiger partial charge in [0.15, 0.2) is 0 Å². The van der Waals surface area contributed by atoms with Crippen molar-refractivity contribution in [3.63, 3.8) is 0 Å². The van der Waals surface area contributed by atoms with Crippen LogP contribution >= 0.6 is 46.4 Å². The maximum Gasteiger partial charge on any atom is 0.238 e. The number of aromatic nitrogens is 1. The van der Waals surface area contributed by atoms with E-state index in [2.05, 4.69) is 4.98 Å². The van der Waals surface area contributed by atoms with Crippen LogP contribution in [0.2, 0.25) is 15.1 Å². The predicted molar refractivity (Wildman–Crippen MR) is 75.3 cm³/mol. The molecular weight excluding hydrogens is 316 g/mol. The summed E-state index contributed by atoms with van der Waals surface area (Å²) in [6.07, 6.45) is 1.60. The molecule has 0 fully saturated rings. The maximum atomic E-state index is 6.02. The van der Waals surface area contributed by atoms with E-state index in [9.17, 15) is 0 Å². The van der Waals surface area contributed by atoms with Crippen molar-refractivity contribution < 1.29 is 4.74 Å². The first-order valence-electron chi connectivity index (χ1n) is 4.93. The summed E-state index contributed by atoms with van der Waals surface area (Å²) in [7, 11) is 0. The first-order valence-corrected chi connectivity index (χ1v) is 6.60. The quantitative estimate of drug-likeness (QED) is 0.689. The van der Waals surface area contributed by atoms with Crippen molar-refractivity contribution in [2.24, 2.45) is 0 Å².